The zero-order valence-electron chi connectivity index (χ0n) is 9.84. The van der Waals surface area contributed by atoms with Gasteiger partial charge in [0.15, 0.2) is 0 Å². The Kier molecular flexibility index (Phi) is 6.01. The fourth-order valence-electron chi connectivity index (χ4n) is 1.35. The maximum atomic E-state index is 12.1. The molecule has 1 amide bonds. The van der Waals surface area contributed by atoms with Gasteiger partial charge < -0.3 is 10.4 Å². The van der Waals surface area contributed by atoms with Gasteiger partial charge in [-0.05, 0) is 47.2 Å². The topological polar surface area (TPSA) is 49.3 Å². The van der Waals surface area contributed by atoms with Crippen LogP contribution in [-0.2, 0) is 0 Å². The Balaban J connectivity index is 2.90. The largest absolute Gasteiger partial charge is 0.507 e. The highest BCUT2D eigenvalue weighted by atomic mass is 127. The van der Waals surface area contributed by atoms with Gasteiger partial charge in [-0.3, -0.25) is 4.79 Å². The molecular formula is C12H14Cl2INO2. The Bertz CT molecular complexity index is 428. The van der Waals surface area contributed by atoms with Crippen molar-refractivity contribution in [2.24, 2.45) is 0 Å². The molecule has 0 spiro atoms. The number of phenolic OH excluding ortho intramolecular Hbond substituents is 1. The van der Waals surface area contributed by atoms with Gasteiger partial charge in [0.05, 0.1) is 9.11 Å². The standard InChI is InChI=1S/C12H14Cl2INO2/c1-2-12(6-13,7-14)16-11(18)8-3-4-9(15)10(17)5-8/h3-5,17H,2,6-7H2,1H3,(H,16,18). The van der Waals surface area contributed by atoms with Crippen molar-refractivity contribution in [3.63, 3.8) is 0 Å². The molecule has 0 aliphatic rings. The van der Waals surface area contributed by atoms with E-state index in [1.54, 1.807) is 12.1 Å². The first-order chi connectivity index (χ1) is 8.48. The van der Waals surface area contributed by atoms with Crippen molar-refractivity contribution >= 4 is 51.7 Å². The third-order valence-electron chi connectivity index (χ3n) is 2.78. The number of benzene rings is 1. The van der Waals surface area contributed by atoms with E-state index in [1.165, 1.54) is 6.07 Å². The molecular weight excluding hydrogens is 388 g/mol. The van der Waals surface area contributed by atoms with Gasteiger partial charge in [0.2, 0.25) is 0 Å². The molecule has 1 aromatic carbocycles. The van der Waals surface area contributed by atoms with Crippen molar-refractivity contribution in [3.8, 4) is 5.75 Å². The lowest BCUT2D eigenvalue weighted by atomic mass is 10.0. The summed E-state index contributed by atoms with van der Waals surface area (Å²) in [5.41, 5.74) is -0.223. The van der Waals surface area contributed by atoms with Crippen LogP contribution in [-0.4, -0.2) is 28.3 Å². The maximum Gasteiger partial charge on any atom is 0.251 e. The number of amides is 1. The SMILES string of the molecule is CCC(CCl)(CCl)NC(=O)c1ccc(I)c(O)c1. The minimum absolute atomic E-state index is 0.0853. The van der Waals surface area contributed by atoms with Crippen molar-refractivity contribution < 1.29 is 9.90 Å². The summed E-state index contributed by atoms with van der Waals surface area (Å²) in [5, 5.41) is 12.4. The summed E-state index contributed by atoms with van der Waals surface area (Å²) in [6.45, 7) is 1.91. The lowest BCUT2D eigenvalue weighted by Crippen LogP contribution is -2.51. The molecule has 0 aromatic heterocycles. The normalized spacial score (nSPS) is 11.3. The number of hydrogen-bond acceptors (Lipinski definition) is 2. The predicted octanol–water partition coefficient (Wildman–Crippen LogP) is 3.35. The summed E-state index contributed by atoms with van der Waals surface area (Å²) in [7, 11) is 0. The Morgan fingerprint density at radius 3 is 2.50 bits per heavy atom. The van der Waals surface area contributed by atoms with Crippen LogP contribution in [0.5, 0.6) is 5.75 Å². The summed E-state index contributed by atoms with van der Waals surface area (Å²) >= 11 is 13.7. The second kappa shape index (κ2) is 6.82. The van der Waals surface area contributed by atoms with Crippen LogP contribution in [0.15, 0.2) is 18.2 Å². The number of carbonyl (C=O) groups is 1. The monoisotopic (exact) mass is 401 g/mol. The number of carbonyl (C=O) groups excluding carboxylic acids is 1. The maximum absolute atomic E-state index is 12.1. The predicted molar refractivity (Wildman–Crippen MR) is 82.8 cm³/mol. The van der Waals surface area contributed by atoms with Crippen LogP contribution in [0, 0.1) is 3.57 Å². The van der Waals surface area contributed by atoms with Crippen LogP contribution < -0.4 is 5.32 Å². The molecule has 0 saturated carbocycles. The van der Waals surface area contributed by atoms with Crippen molar-refractivity contribution in [1.82, 2.24) is 5.32 Å². The zero-order valence-corrected chi connectivity index (χ0v) is 13.5. The second-order valence-corrected chi connectivity index (χ2v) is 5.72. The highest BCUT2D eigenvalue weighted by molar-refractivity contribution is 14.1. The molecule has 6 heteroatoms. The van der Waals surface area contributed by atoms with E-state index in [2.05, 4.69) is 5.32 Å². The van der Waals surface area contributed by atoms with E-state index in [1.807, 2.05) is 29.5 Å². The van der Waals surface area contributed by atoms with Crippen molar-refractivity contribution in [2.75, 3.05) is 11.8 Å². The first-order valence-corrected chi connectivity index (χ1v) is 7.55. The third-order valence-corrected chi connectivity index (χ3v) is 4.71. The summed E-state index contributed by atoms with van der Waals surface area (Å²) < 4.78 is 0.695. The Labute approximate surface area is 130 Å². The first kappa shape index (κ1) is 15.9. The van der Waals surface area contributed by atoms with Crippen LogP contribution >= 0.6 is 45.8 Å². The van der Waals surface area contributed by atoms with E-state index < -0.39 is 5.54 Å². The van der Waals surface area contributed by atoms with Crippen molar-refractivity contribution in [3.05, 3.63) is 27.3 Å². The highest BCUT2D eigenvalue weighted by Crippen LogP contribution is 2.21. The number of alkyl halides is 2. The van der Waals surface area contributed by atoms with E-state index in [0.29, 0.717) is 15.6 Å². The smallest absolute Gasteiger partial charge is 0.251 e. The van der Waals surface area contributed by atoms with E-state index in [4.69, 9.17) is 23.2 Å². The van der Waals surface area contributed by atoms with Gasteiger partial charge in [-0.1, -0.05) is 6.92 Å². The number of halogens is 3. The van der Waals surface area contributed by atoms with E-state index in [9.17, 15) is 9.90 Å². The minimum Gasteiger partial charge on any atom is -0.507 e. The Morgan fingerprint density at radius 1 is 1.44 bits per heavy atom. The molecule has 2 N–H and O–H groups in total. The molecule has 0 aliphatic carbocycles. The van der Waals surface area contributed by atoms with Crippen LogP contribution in [0.3, 0.4) is 0 Å². The molecule has 0 radical (unpaired) electrons. The summed E-state index contributed by atoms with van der Waals surface area (Å²) in [6, 6.07) is 4.76. The van der Waals surface area contributed by atoms with Gasteiger partial charge in [0.1, 0.15) is 5.75 Å². The lowest BCUT2D eigenvalue weighted by Gasteiger charge is -2.29. The van der Waals surface area contributed by atoms with E-state index in [-0.39, 0.29) is 23.4 Å². The van der Waals surface area contributed by atoms with E-state index in [0.717, 1.165) is 0 Å². The zero-order chi connectivity index (χ0) is 13.8. The van der Waals surface area contributed by atoms with Crippen molar-refractivity contribution in [1.29, 1.82) is 0 Å². The number of phenols is 1. The molecule has 0 unspecified atom stereocenters. The average molecular weight is 402 g/mol. The second-order valence-electron chi connectivity index (χ2n) is 4.02. The molecule has 18 heavy (non-hydrogen) atoms. The number of rotatable bonds is 5. The van der Waals surface area contributed by atoms with Gasteiger partial charge in [-0.25, -0.2) is 0 Å². The molecule has 0 atom stereocenters. The fraction of sp³-hybridized carbons (Fsp3) is 0.417. The number of aromatic hydroxyl groups is 1. The van der Waals surface area contributed by atoms with Gasteiger partial charge in [-0.2, -0.15) is 0 Å². The minimum atomic E-state index is -0.612. The van der Waals surface area contributed by atoms with Crippen LogP contribution in [0.4, 0.5) is 0 Å². The summed E-state index contributed by atoms with van der Waals surface area (Å²) in [6.07, 6.45) is 0.641. The number of hydrogen-bond donors (Lipinski definition) is 2. The van der Waals surface area contributed by atoms with Gasteiger partial charge in [0.25, 0.3) is 5.91 Å². The van der Waals surface area contributed by atoms with Crippen LogP contribution in [0.1, 0.15) is 23.7 Å². The van der Waals surface area contributed by atoms with Gasteiger partial charge >= 0.3 is 0 Å². The first-order valence-electron chi connectivity index (χ1n) is 5.41. The highest BCUT2D eigenvalue weighted by Gasteiger charge is 2.28. The Hall–Kier alpha value is -0.200. The Morgan fingerprint density at radius 2 is 2.06 bits per heavy atom. The van der Waals surface area contributed by atoms with E-state index >= 15 is 0 Å². The van der Waals surface area contributed by atoms with Gasteiger partial charge in [0, 0.05) is 17.3 Å². The molecule has 1 aromatic rings. The molecule has 0 bridgehead atoms. The van der Waals surface area contributed by atoms with Gasteiger partial charge in [-0.15, -0.1) is 23.2 Å². The molecule has 0 fully saturated rings. The molecule has 3 nitrogen and oxygen atoms in total. The molecule has 0 heterocycles. The molecule has 0 aliphatic heterocycles. The molecule has 1 rings (SSSR count). The summed E-state index contributed by atoms with van der Waals surface area (Å²) in [5.74, 6) is 0.288. The quantitative estimate of drug-likeness (QED) is 0.587. The van der Waals surface area contributed by atoms with Crippen molar-refractivity contribution in [2.45, 2.75) is 18.9 Å². The molecule has 100 valence electrons. The third kappa shape index (κ3) is 3.65. The summed E-state index contributed by atoms with van der Waals surface area (Å²) in [4.78, 5) is 12.1. The van der Waals surface area contributed by atoms with Crippen LogP contribution in [0.2, 0.25) is 0 Å². The number of nitrogens with one attached hydrogen (secondary N) is 1. The average Bonchev–Trinajstić information content (AvgIpc) is 2.39. The molecule has 0 saturated heterocycles. The lowest BCUT2D eigenvalue weighted by molar-refractivity contribution is 0.0913. The fourth-order valence-corrected chi connectivity index (χ4v) is 2.48. The van der Waals surface area contributed by atoms with Crippen LogP contribution in [0.25, 0.3) is 0 Å².